The lowest BCUT2D eigenvalue weighted by Crippen LogP contribution is -2.62. The summed E-state index contributed by atoms with van der Waals surface area (Å²) in [7, 11) is 0. The number of amides is 1. The number of benzene rings is 2. The third-order valence-corrected chi connectivity index (χ3v) is 11.1. The molecule has 0 radical (unpaired) electrons. The Kier molecular flexibility index (Phi) is 10.6. The van der Waals surface area contributed by atoms with Gasteiger partial charge in [0.25, 0.3) is 0 Å². The van der Waals surface area contributed by atoms with Crippen LogP contribution >= 0.6 is 12.4 Å². The van der Waals surface area contributed by atoms with Crippen molar-refractivity contribution in [3.05, 3.63) is 68.8 Å². The molecular formula is C42H47ClN2O5. The molecule has 8 heteroatoms. The van der Waals surface area contributed by atoms with Gasteiger partial charge >= 0.3 is 0 Å². The molecule has 0 atom stereocenters. The molecule has 1 amide bonds. The Hall–Kier alpha value is -4.04. The molecule has 7 nitrogen and oxygen atoms in total. The first-order valence-electron chi connectivity index (χ1n) is 17.5. The van der Waals surface area contributed by atoms with Crippen LogP contribution in [0.1, 0.15) is 109 Å². The van der Waals surface area contributed by atoms with Gasteiger partial charge < -0.3 is 10.2 Å². The molecule has 50 heavy (non-hydrogen) atoms. The minimum absolute atomic E-state index is 0. The second kappa shape index (κ2) is 14.3. The minimum Gasteiger partial charge on any atom is -0.341 e. The predicted octanol–water partition coefficient (Wildman–Crippen LogP) is 5.63. The molecular weight excluding hydrogens is 648 g/mol. The van der Waals surface area contributed by atoms with E-state index in [1.165, 1.54) is 0 Å². The lowest BCUT2D eigenvalue weighted by Gasteiger charge is -2.52. The summed E-state index contributed by atoms with van der Waals surface area (Å²) in [5, 5.41) is 3.19. The highest BCUT2D eigenvalue weighted by Crippen LogP contribution is 2.48. The van der Waals surface area contributed by atoms with Crippen LogP contribution in [-0.2, 0) is 24.0 Å². The van der Waals surface area contributed by atoms with Crippen LogP contribution in [0.25, 0.3) is 0 Å². The van der Waals surface area contributed by atoms with Crippen molar-refractivity contribution >= 4 is 41.4 Å². The van der Waals surface area contributed by atoms with E-state index in [1.54, 1.807) is 13.8 Å². The summed E-state index contributed by atoms with van der Waals surface area (Å²) in [6.07, 6.45) is 3.80. The van der Waals surface area contributed by atoms with Crippen molar-refractivity contribution in [3.63, 3.8) is 0 Å². The van der Waals surface area contributed by atoms with Crippen LogP contribution in [0, 0.1) is 68.1 Å². The highest BCUT2D eigenvalue weighted by Gasteiger charge is 2.55. The van der Waals surface area contributed by atoms with E-state index in [9.17, 15) is 24.0 Å². The maximum absolute atomic E-state index is 13.0. The smallest absolute Gasteiger partial charge is 0.225 e. The van der Waals surface area contributed by atoms with Crippen LogP contribution in [-0.4, -0.2) is 60.1 Å². The van der Waals surface area contributed by atoms with Gasteiger partial charge in [-0.25, -0.2) is 0 Å². The zero-order chi connectivity index (χ0) is 35.2. The summed E-state index contributed by atoms with van der Waals surface area (Å²) in [6, 6.07) is 7.88. The fourth-order valence-corrected chi connectivity index (χ4v) is 8.77. The number of Topliss-reactive ketones (excluding diaryl/α,β-unsaturated/α-hetero) is 4. The molecule has 3 saturated carbocycles. The first kappa shape index (κ1) is 37.2. The number of hydrogen-bond acceptors (Lipinski definition) is 6. The third-order valence-electron chi connectivity index (χ3n) is 11.1. The Morgan fingerprint density at radius 2 is 1.02 bits per heavy atom. The Morgan fingerprint density at radius 1 is 0.660 bits per heavy atom. The molecule has 1 N–H and O–H groups in total. The first-order valence-corrected chi connectivity index (χ1v) is 17.5. The van der Waals surface area contributed by atoms with Crippen LogP contribution in [0.5, 0.6) is 0 Å². The lowest BCUT2D eigenvalue weighted by molar-refractivity contribution is -0.155. The average Bonchev–Trinajstić information content (AvgIpc) is 3.83. The van der Waals surface area contributed by atoms with Crippen LogP contribution in [0.15, 0.2) is 24.3 Å². The second-order valence-electron chi connectivity index (χ2n) is 15.3. The van der Waals surface area contributed by atoms with E-state index in [0.717, 1.165) is 70.4 Å². The van der Waals surface area contributed by atoms with Gasteiger partial charge in [-0.2, -0.15) is 0 Å². The van der Waals surface area contributed by atoms with E-state index in [0.29, 0.717) is 38.8 Å². The fourth-order valence-electron chi connectivity index (χ4n) is 8.77. The normalized spacial score (nSPS) is 21.8. The molecule has 0 aromatic heterocycles. The number of likely N-dealkylation sites (tertiary alicyclic amines) is 1. The minimum atomic E-state index is -0.660. The van der Waals surface area contributed by atoms with E-state index in [-0.39, 0.29) is 58.2 Å². The lowest BCUT2D eigenvalue weighted by atomic mass is 9.63. The number of nitrogens with one attached hydrogen (secondary N) is 1. The molecule has 7 rings (SSSR count). The van der Waals surface area contributed by atoms with Crippen molar-refractivity contribution in [2.75, 3.05) is 26.2 Å². The molecule has 2 aromatic rings. The summed E-state index contributed by atoms with van der Waals surface area (Å²) in [5.41, 5.74) is 7.09. The maximum atomic E-state index is 13.0. The van der Waals surface area contributed by atoms with Gasteiger partial charge in [-0.3, -0.25) is 24.0 Å². The molecule has 5 aliphatic rings. The van der Waals surface area contributed by atoms with Gasteiger partial charge in [-0.1, -0.05) is 11.8 Å². The highest BCUT2D eigenvalue weighted by atomic mass is 35.5. The van der Waals surface area contributed by atoms with Gasteiger partial charge in [-0.15, -0.1) is 24.2 Å². The fraction of sp³-hybridized carbons (Fsp3) is 0.500. The summed E-state index contributed by atoms with van der Waals surface area (Å²) in [5.74, 6) is 11.2. The molecule has 2 heterocycles. The Labute approximate surface area is 302 Å². The van der Waals surface area contributed by atoms with Gasteiger partial charge in [0.2, 0.25) is 5.91 Å². The van der Waals surface area contributed by atoms with E-state index >= 15 is 0 Å². The second-order valence-corrected chi connectivity index (χ2v) is 15.3. The number of carbonyl (C=O) groups excluding carboxylic acids is 5. The predicted molar refractivity (Wildman–Crippen MR) is 195 cm³/mol. The summed E-state index contributed by atoms with van der Waals surface area (Å²) < 4.78 is 0. The van der Waals surface area contributed by atoms with Crippen LogP contribution in [0.4, 0.5) is 0 Å². The van der Waals surface area contributed by atoms with Gasteiger partial charge in [0.05, 0.1) is 0 Å². The van der Waals surface area contributed by atoms with Crippen LogP contribution < -0.4 is 5.32 Å². The van der Waals surface area contributed by atoms with Crippen LogP contribution in [0.2, 0.25) is 0 Å². The van der Waals surface area contributed by atoms with E-state index in [4.69, 9.17) is 0 Å². The first-order chi connectivity index (χ1) is 23.3. The van der Waals surface area contributed by atoms with Gasteiger partial charge in [0.15, 0.2) is 0 Å². The number of rotatable bonds is 3. The van der Waals surface area contributed by atoms with E-state index in [1.807, 2.05) is 56.9 Å². The SMILES string of the molecule is CC#Cc1cc(C)c(C2C(=O)CC3(CC2=O)CN(C(=O)C2CC2)C3)c(C)c1.CC#Cc1cc(C)c(C2C(=O)CC3(CNC3)CC2=O)c(C)c1.Cl. The van der Waals surface area contributed by atoms with E-state index < -0.39 is 11.8 Å². The van der Waals surface area contributed by atoms with Crippen molar-refractivity contribution in [1.29, 1.82) is 0 Å². The zero-order valence-electron chi connectivity index (χ0n) is 30.0. The number of aryl methyl sites for hydroxylation is 4. The Morgan fingerprint density at radius 3 is 1.32 bits per heavy atom. The summed E-state index contributed by atoms with van der Waals surface area (Å²) in [4.78, 5) is 65.3. The summed E-state index contributed by atoms with van der Waals surface area (Å²) >= 11 is 0. The molecule has 2 spiro atoms. The molecule has 2 aromatic carbocycles. The molecule has 3 aliphatic carbocycles. The monoisotopic (exact) mass is 694 g/mol. The number of halogens is 1. The highest BCUT2D eigenvalue weighted by molar-refractivity contribution is 6.11. The number of carbonyl (C=O) groups is 5. The molecule has 5 fully saturated rings. The molecule has 2 aliphatic heterocycles. The molecule has 0 bridgehead atoms. The third kappa shape index (κ3) is 7.09. The standard InChI is InChI=1S/C23H25NO3.C19H21NO2.ClH/c1-4-5-16-8-14(2)20(15(3)9-16)21-18(25)10-23(11-19(21)26)12-24(13-23)22(27)17-6-7-17;1-4-5-14-6-12(2)17(13(3)7-14)18-15(21)8-19(9-16(18)22)10-20-11-19;/h8-9,17,21H,6-7,10-13H2,1-3H3;6-7,18,20H,8-11H2,1-3H3;1H. The van der Waals surface area contributed by atoms with Gasteiger partial charge in [0, 0.05) is 79.7 Å². The van der Waals surface area contributed by atoms with Crippen molar-refractivity contribution in [3.8, 4) is 23.7 Å². The van der Waals surface area contributed by atoms with E-state index in [2.05, 4.69) is 29.0 Å². The topological polar surface area (TPSA) is 101 Å². The van der Waals surface area contributed by atoms with Crippen molar-refractivity contribution in [2.45, 2.75) is 91.9 Å². The largest absolute Gasteiger partial charge is 0.341 e. The number of nitrogens with zero attached hydrogens (tertiary/aromatic N) is 1. The number of ketones is 4. The Bertz CT molecular complexity index is 1820. The van der Waals surface area contributed by atoms with Gasteiger partial charge in [0.1, 0.15) is 35.0 Å². The summed E-state index contributed by atoms with van der Waals surface area (Å²) in [6.45, 7) is 14.2. The molecule has 0 unspecified atom stereocenters. The maximum Gasteiger partial charge on any atom is 0.225 e. The van der Waals surface area contributed by atoms with Crippen LogP contribution in [0.3, 0.4) is 0 Å². The van der Waals surface area contributed by atoms with Gasteiger partial charge in [-0.05, 0) is 112 Å². The Balaban J connectivity index is 0.000000195. The van der Waals surface area contributed by atoms with Crippen molar-refractivity contribution < 1.29 is 24.0 Å². The molecule has 262 valence electrons. The molecule has 2 saturated heterocycles. The quantitative estimate of drug-likeness (QED) is 0.330. The zero-order valence-corrected chi connectivity index (χ0v) is 30.8. The number of hydrogen-bond donors (Lipinski definition) is 1. The average molecular weight is 695 g/mol. The van der Waals surface area contributed by atoms with Crippen molar-refractivity contribution in [2.24, 2.45) is 16.7 Å². The van der Waals surface area contributed by atoms with Crippen molar-refractivity contribution in [1.82, 2.24) is 10.2 Å².